The Morgan fingerprint density at radius 3 is 2.25 bits per heavy atom. The summed E-state index contributed by atoms with van der Waals surface area (Å²) < 4.78 is 0. The number of benzene rings is 1. The molecule has 0 radical (unpaired) electrons. The zero-order valence-electron chi connectivity index (χ0n) is 9.98. The van der Waals surface area contributed by atoms with Crippen LogP contribution in [0.5, 0.6) is 5.75 Å². The third-order valence-electron chi connectivity index (χ3n) is 2.31. The topological polar surface area (TPSA) is 60.8 Å². The Balaban J connectivity index is 3.22. The molecule has 0 aliphatic rings. The van der Waals surface area contributed by atoms with E-state index in [1.807, 2.05) is 0 Å². The number of hydrogen-bond acceptors (Lipinski definition) is 2. The third kappa shape index (κ3) is 2.45. The standard InChI is InChI=1S/C12H17NO3/c1-8-5-6-9(7-10(8)14)13(11(15)16)12(2,3)4/h5-7,14H,1-4H3,(H,15,16). The number of carboxylic acid groups (broad SMARTS) is 1. The van der Waals surface area contributed by atoms with E-state index in [2.05, 4.69) is 0 Å². The fourth-order valence-electron chi connectivity index (χ4n) is 1.52. The molecule has 16 heavy (non-hydrogen) atoms. The van der Waals surface area contributed by atoms with Crippen molar-refractivity contribution >= 4 is 11.8 Å². The summed E-state index contributed by atoms with van der Waals surface area (Å²) in [5.74, 6) is 0.105. The molecule has 88 valence electrons. The number of aromatic hydroxyl groups is 1. The number of anilines is 1. The van der Waals surface area contributed by atoms with Crippen LogP contribution in [-0.2, 0) is 0 Å². The summed E-state index contributed by atoms with van der Waals surface area (Å²) in [7, 11) is 0. The molecule has 4 nitrogen and oxygen atoms in total. The molecule has 1 amide bonds. The van der Waals surface area contributed by atoms with E-state index in [4.69, 9.17) is 5.11 Å². The van der Waals surface area contributed by atoms with Gasteiger partial charge < -0.3 is 10.2 Å². The van der Waals surface area contributed by atoms with E-state index in [-0.39, 0.29) is 5.75 Å². The molecular formula is C12H17NO3. The molecule has 0 fully saturated rings. The Morgan fingerprint density at radius 1 is 1.31 bits per heavy atom. The van der Waals surface area contributed by atoms with Crippen molar-refractivity contribution < 1.29 is 15.0 Å². The molecule has 0 unspecified atom stereocenters. The van der Waals surface area contributed by atoms with E-state index < -0.39 is 11.6 Å². The van der Waals surface area contributed by atoms with Crippen molar-refractivity contribution in [1.29, 1.82) is 0 Å². The second-order valence-corrected chi connectivity index (χ2v) is 4.76. The molecule has 0 atom stereocenters. The van der Waals surface area contributed by atoms with Crippen LogP contribution in [0.2, 0.25) is 0 Å². The molecule has 2 N–H and O–H groups in total. The highest BCUT2D eigenvalue weighted by Crippen LogP contribution is 2.28. The maximum atomic E-state index is 11.2. The van der Waals surface area contributed by atoms with Crippen LogP contribution in [0.3, 0.4) is 0 Å². The minimum Gasteiger partial charge on any atom is -0.508 e. The first-order valence-electron chi connectivity index (χ1n) is 5.06. The summed E-state index contributed by atoms with van der Waals surface area (Å²) in [6.07, 6.45) is -1.03. The van der Waals surface area contributed by atoms with Gasteiger partial charge in [-0.05, 0) is 39.3 Å². The van der Waals surface area contributed by atoms with Crippen LogP contribution in [0.25, 0.3) is 0 Å². The quantitative estimate of drug-likeness (QED) is 0.769. The minimum atomic E-state index is -1.03. The van der Waals surface area contributed by atoms with Gasteiger partial charge in [-0.15, -0.1) is 0 Å². The number of rotatable bonds is 1. The van der Waals surface area contributed by atoms with Gasteiger partial charge in [-0.25, -0.2) is 4.79 Å². The SMILES string of the molecule is Cc1ccc(N(C(=O)O)C(C)(C)C)cc1O. The number of hydrogen-bond donors (Lipinski definition) is 2. The number of phenols is 1. The van der Waals surface area contributed by atoms with Gasteiger partial charge in [0.05, 0.1) is 5.69 Å². The predicted molar refractivity (Wildman–Crippen MR) is 63.1 cm³/mol. The Bertz CT molecular complexity index is 407. The van der Waals surface area contributed by atoms with E-state index in [9.17, 15) is 9.90 Å². The molecule has 4 heteroatoms. The molecule has 0 heterocycles. The smallest absolute Gasteiger partial charge is 0.412 e. The molecule has 1 rings (SSSR count). The summed E-state index contributed by atoms with van der Waals surface area (Å²) >= 11 is 0. The summed E-state index contributed by atoms with van der Waals surface area (Å²) in [6, 6.07) is 4.86. The zero-order valence-corrected chi connectivity index (χ0v) is 9.98. The molecule has 0 saturated heterocycles. The van der Waals surface area contributed by atoms with Gasteiger partial charge in [0.25, 0.3) is 0 Å². The highest BCUT2D eigenvalue weighted by Gasteiger charge is 2.28. The summed E-state index contributed by atoms with van der Waals surface area (Å²) in [4.78, 5) is 12.4. The fourth-order valence-corrected chi connectivity index (χ4v) is 1.52. The molecule has 1 aromatic rings. The first-order chi connectivity index (χ1) is 7.23. The molecule has 0 aliphatic heterocycles. The first-order valence-corrected chi connectivity index (χ1v) is 5.06. The van der Waals surface area contributed by atoms with Crippen molar-refractivity contribution in [2.24, 2.45) is 0 Å². The van der Waals surface area contributed by atoms with E-state index in [1.165, 1.54) is 11.0 Å². The largest absolute Gasteiger partial charge is 0.508 e. The average Bonchev–Trinajstić information content (AvgIpc) is 2.08. The van der Waals surface area contributed by atoms with Gasteiger partial charge in [-0.2, -0.15) is 0 Å². The van der Waals surface area contributed by atoms with Crippen LogP contribution in [0, 0.1) is 6.92 Å². The van der Waals surface area contributed by atoms with Gasteiger partial charge in [0.1, 0.15) is 5.75 Å². The fraction of sp³-hybridized carbons (Fsp3) is 0.417. The van der Waals surface area contributed by atoms with Crippen LogP contribution in [0.1, 0.15) is 26.3 Å². The Labute approximate surface area is 95.1 Å². The monoisotopic (exact) mass is 223 g/mol. The summed E-state index contributed by atoms with van der Waals surface area (Å²) in [6.45, 7) is 7.18. The highest BCUT2D eigenvalue weighted by molar-refractivity contribution is 5.87. The van der Waals surface area contributed by atoms with Crippen LogP contribution >= 0.6 is 0 Å². The lowest BCUT2D eigenvalue weighted by molar-refractivity contribution is 0.195. The van der Waals surface area contributed by atoms with Crippen LogP contribution in [0.4, 0.5) is 10.5 Å². The minimum absolute atomic E-state index is 0.105. The van der Waals surface area contributed by atoms with Crippen molar-refractivity contribution in [3.05, 3.63) is 23.8 Å². The lowest BCUT2D eigenvalue weighted by atomic mass is 10.0. The third-order valence-corrected chi connectivity index (χ3v) is 2.31. The lowest BCUT2D eigenvalue weighted by Crippen LogP contribution is -2.45. The van der Waals surface area contributed by atoms with E-state index in [1.54, 1.807) is 39.8 Å². The predicted octanol–water partition coefficient (Wildman–Crippen LogP) is 2.98. The number of amides is 1. The Hall–Kier alpha value is -1.71. The van der Waals surface area contributed by atoms with Gasteiger partial charge in [0.2, 0.25) is 0 Å². The van der Waals surface area contributed by atoms with E-state index >= 15 is 0 Å². The average molecular weight is 223 g/mol. The summed E-state index contributed by atoms with van der Waals surface area (Å²) in [5.41, 5.74) is 0.652. The molecule has 0 bridgehead atoms. The Morgan fingerprint density at radius 2 is 1.88 bits per heavy atom. The second-order valence-electron chi connectivity index (χ2n) is 4.76. The normalized spacial score (nSPS) is 11.2. The van der Waals surface area contributed by atoms with Crippen molar-refractivity contribution in [2.75, 3.05) is 4.90 Å². The van der Waals surface area contributed by atoms with Crippen molar-refractivity contribution in [3.63, 3.8) is 0 Å². The number of aryl methyl sites for hydroxylation is 1. The van der Waals surface area contributed by atoms with E-state index in [0.29, 0.717) is 5.69 Å². The molecule has 0 spiro atoms. The van der Waals surface area contributed by atoms with Gasteiger partial charge in [0.15, 0.2) is 0 Å². The maximum absolute atomic E-state index is 11.2. The van der Waals surface area contributed by atoms with Crippen molar-refractivity contribution in [2.45, 2.75) is 33.2 Å². The molecule has 0 aromatic heterocycles. The van der Waals surface area contributed by atoms with Crippen LogP contribution in [-0.4, -0.2) is 21.8 Å². The van der Waals surface area contributed by atoms with E-state index in [0.717, 1.165) is 5.56 Å². The molecule has 0 saturated carbocycles. The lowest BCUT2D eigenvalue weighted by Gasteiger charge is -2.33. The molecular weight excluding hydrogens is 206 g/mol. The number of phenolic OH excluding ortho intramolecular Hbond substituents is 1. The number of nitrogens with zero attached hydrogens (tertiary/aromatic N) is 1. The van der Waals surface area contributed by atoms with Crippen LogP contribution in [0.15, 0.2) is 18.2 Å². The van der Waals surface area contributed by atoms with Crippen molar-refractivity contribution in [3.8, 4) is 5.75 Å². The maximum Gasteiger partial charge on any atom is 0.412 e. The highest BCUT2D eigenvalue weighted by atomic mass is 16.4. The zero-order chi connectivity index (χ0) is 12.5. The van der Waals surface area contributed by atoms with Gasteiger partial charge in [0, 0.05) is 11.6 Å². The van der Waals surface area contributed by atoms with Gasteiger partial charge in [-0.3, -0.25) is 4.90 Å². The van der Waals surface area contributed by atoms with Crippen LogP contribution < -0.4 is 4.90 Å². The van der Waals surface area contributed by atoms with Gasteiger partial charge in [-0.1, -0.05) is 6.07 Å². The van der Waals surface area contributed by atoms with Gasteiger partial charge >= 0.3 is 6.09 Å². The first kappa shape index (κ1) is 12.4. The van der Waals surface area contributed by atoms with Crippen molar-refractivity contribution in [1.82, 2.24) is 0 Å². The second kappa shape index (κ2) is 4.04. The number of carbonyl (C=O) groups is 1. The summed E-state index contributed by atoms with van der Waals surface area (Å²) in [5, 5.41) is 18.7. The Kier molecular flexibility index (Phi) is 3.12. The molecule has 0 aliphatic carbocycles. The molecule has 1 aromatic carbocycles.